The maximum Gasteiger partial charge on any atom is 0.277 e. The summed E-state index contributed by atoms with van der Waals surface area (Å²) >= 11 is 0. The predicted octanol–water partition coefficient (Wildman–Crippen LogP) is -3.80. The van der Waals surface area contributed by atoms with E-state index in [0.29, 0.717) is 0 Å². The van der Waals surface area contributed by atoms with Crippen molar-refractivity contribution >= 4 is 73.4 Å². The van der Waals surface area contributed by atoms with E-state index in [1.807, 2.05) is 0 Å². The van der Waals surface area contributed by atoms with E-state index in [9.17, 15) is 36.0 Å². The van der Waals surface area contributed by atoms with Crippen LogP contribution < -0.4 is 10.6 Å². The van der Waals surface area contributed by atoms with Crippen molar-refractivity contribution in [2.75, 3.05) is 0 Å². The van der Waals surface area contributed by atoms with Crippen LogP contribution in [0.25, 0.3) is 0 Å². The van der Waals surface area contributed by atoms with Gasteiger partial charge in [-0.25, -0.2) is 0 Å². The van der Waals surface area contributed by atoms with E-state index in [1.54, 1.807) is 10.6 Å². The number of carbonyl (C=O) groups excluding carboxylic acids is 4. The van der Waals surface area contributed by atoms with Crippen LogP contribution in [0.2, 0.25) is 0 Å². The molecule has 4 N–H and O–H groups in total. The molecule has 2 unspecified atom stereocenters. The topological polar surface area (TPSA) is 201 Å². The Labute approximate surface area is 152 Å². The quantitative estimate of drug-likeness (QED) is 0.209. The number of rotatable bonds is 2. The van der Waals surface area contributed by atoms with Gasteiger partial charge in [-0.05, 0) is 0 Å². The fourth-order valence-corrected chi connectivity index (χ4v) is 2.92. The average molecular weight is 381 g/mol. The van der Waals surface area contributed by atoms with Gasteiger partial charge >= 0.3 is 0 Å². The van der Waals surface area contributed by atoms with Gasteiger partial charge in [0.05, 0.1) is 12.8 Å². The first-order valence-electron chi connectivity index (χ1n) is 5.42. The Bertz CT molecular complexity index is 679. The van der Waals surface area contributed by atoms with Gasteiger partial charge in [0.15, 0.2) is 10.5 Å². The monoisotopic (exact) mass is 381 g/mol. The van der Waals surface area contributed by atoms with Crippen molar-refractivity contribution in [1.82, 2.24) is 10.6 Å². The van der Waals surface area contributed by atoms with Gasteiger partial charge in [0.25, 0.3) is 20.2 Å². The van der Waals surface area contributed by atoms with Gasteiger partial charge in [-0.3, -0.25) is 38.9 Å². The molecule has 23 heavy (non-hydrogen) atoms. The molecule has 2 heterocycles. The Morgan fingerprint density at radius 3 is 1.09 bits per heavy atom. The third-order valence-corrected chi connectivity index (χ3v) is 4.77. The predicted molar refractivity (Wildman–Crippen MR) is 72.0 cm³/mol. The van der Waals surface area contributed by atoms with E-state index in [-0.39, 0.29) is 29.6 Å². The molecule has 125 valence electrons. The molecular formula is C8H10N2NaO10S2. The molecule has 1 radical (unpaired) electrons. The Kier molecular flexibility index (Phi) is 7.48. The Balaban J connectivity index is 0.000000403. The van der Waals surface area contributed by atoms with Crippen LogP contribution in [0, 0.1) is 0 Å². The van der Waals surface area contributed by atoms with Gasteiger partial charge in [-0.2, -0.15) is 16.8 Å². The maximum absolute atomic E-state index is 10.6. The standard InChI is InChI=1S/2C4H5NO5S.Na/c2*6-3-1-2(4(7)5-3)11(8,9)10;/h2*2H,1H2,(H,5,6,7)(H,8,9,10);. The van der Waals surface area contributed by atoms with E-state index in [1.165, 1.54) is 0 Å². The molecule has 0 aromatic heterocycles. The summed E-state index contributed by atoms with van der Waals surface area (Å²) in [5.41, 5.74) is 0. The molecule has 12 nitrogen and oxygen atoms in total. The van der Waals surface area contributed by atoms with Crippen LogP contribution in [0.4, 0.5) is 0 Å². The Morgan fingerprint density at radius 1 is 0.739 bits per heavy atom. The normalized spacial score (nSPS) is 24.3. The smallest absolute Gasteiger partial charge is 0.277 e. The van der Waals surface area contributed by atoms with Crippen LogP contribution in [-0.4, -0.2) is 89.6 Å². The van der Waals surface area contributed by atoms with E-state index in [2.05, 4.69) is 0 Å². The van der Waals surface area contributed by atoms with E-state index < -0.39 is 67.2 Å². The molecule has 0 saturated carbocycles. The minimum Gasteiger partial charge on any atom is -0.295 e. The fraction of sp³-hybridized carbons (Fsp3) is 0.500. The van der Waals surface area contributed by atoms with Crippen LogP contribution in [0.15, 0.2) is 0 Å². The molecule has 2 rings (SSSR count). The van der Waals surface area contributed by atoms with Crippen molar-refractivity contribution in [2.24, 2.45) is 0 Å². The van der Waals surface area contributed by atoms with Gasteiger partial charge in [-0.1, -0.05) is 0 Å². The average Bonchev–Trinajstić information content (AvgIpc) is 2.80. The first-order valence-corrected chi connectivity index (χ1v) is 8.43. The van der Waals surface area contributed by atoms with Crippen LogP contribution in [-0.2, 0) is 39.4 Å². The summed E-state index contributed by atoms with van der Waals surface area (Å²) < 4.78 is 58.1. The summed E-state index contributed by atoms with van der Waals surface area (Å²) in [5.74, 6) is -3.29. The molecule has 2 aliphatic heterocycles. The van der Waals surface area contributed by atoms with Gasteiger partial charge in [-0.15, -0.1) is 0 Å². The second kappa shape index (κ2) is 7.78. The number of amides is 4. The number of hydrogen-bond acceptors (Lipinski definition) is 8. The van der Waals surface area contributed by atoms with Crippen molar-refractivity contribution in [3.8, 4) is 0 Å². The molecule has 15 heteroatoms. The van der Waals surface area contributed by atoms with Crippen LogP contribution in [0.1, 0.15) is 12.8 Å². The summed E-state index contributed by atoms with van der Waals surface area (Å²) in [5, 5.41) is 0.281. The SMILES string of the molecule is O=C1CC(S(=O)(=O)O)C(=O)N1.O=C1CC(S(=O)(=O)O)C(=O)N1.[Na]. The summed E-state index contributed by atoms with van der Waals surface area (Å²) in [6.07, 6.45) is -0.977. The molecule has 0 aromatic carbocycles. The molecule has 0 bridgehead atoms. The first kappa shape index (κ1) is 22.1. The number of carbonyl (C=O) groups is 4. The zero-order valence-corrected chi connectivity index (χ0v) is 15.2. The molecule has 4 amide bonds. The van der Waals surface area contributed by atoms with Gasteiger partial charge in [0.1, 0.15) is 0 Å². The van der Waals surface area contributed by atoms with Gasteiger partial charge < -0.3 is 0 Å². The molecule has 0 aromatic rings. The second-order valence-corrected chi connectivity index (χ2v) is 7.44. The minimum absolute atomic E-state index is 0. The molecular weight excluding hydrogens is 371 g/mol. The fourth-order valence-electron chi connectivity index (χ4n) is 1.54. The summed E-state index contributed by atoms with van der Waals surface area (Å²) in [6, 6.07) is 0. The number of nitrogens with one attached hydrogen (secondary N) is 2. The third-order valence-electron chi connectivity index (χ3n) is 2.57. The maximum atomic E-state index is 10.6. The number of imide groups is 2. The van der Waals surface area contributed by atoms with Crippen molar-refractivity contribution < 1.29 is 45.1 Å². The van der Waals surface area contributed by atoms with Crippen LogP contribution in [0.3, 0.4) is 0 Å². The van der Waals surface area contributed by atoms with Crippen molar-refractivity contribution in [3.05, 3.63) is 0 Å². The Hall–Kier alpha value is -0.900. The second-order valence-electron chi connectivity index (χ2n) is 4.24. The van der Waals surface area contributed by atoms with E-state index >= 15 is 0 Å². The van der Waals surface area contributed by atoms with E-state index in [0.717, 1.165) is 0 Å². The van der Waals surface area contributed by atoms with Crippen molar-refractivity contribution in [2.45, 2.75) is 23.3 Å². The zero-order valence-electron chi connectivity index (χ0n) is 11.5. The van der Waals surface area contributed by atoms with Gasteiger partial charge in [0.2, 0.25) is 23.6 Å². The zero-order chi connectivity index (χ0) is 17.3. The first-order chi connectivity index (χ1) is 9.82. The molecule has 2 atom stereocenters. The summed E-state index contributed by atoms with van der Waals surface area (Å²) in [7, 11) is -8.84. The number of hydrogen-bond donors (Lipinski definition) is 4. The van der Waals surface area contributed by atoms with Crippen LogP contribution >= 0.6 is 0 Å². The molecule has 0 spiro atoms. The molecule has 2 aliphatic rings. The minimum atomic E-state index is -4.42. The summed E-state index contributed by atoms with van der Waals surface area (Å²) in [6.45, 7) is 0. The Morgan fingerprint density at radius 2 is 1.00 bits per heavy atom. The largest absolute Gasteiger partial charge is 0.295 e. The van der Waals surface area contributed by atoms with Crippen molar-refractivity contribution in [1.29, 1.82) is 0 Å². The molecule has 2 fully saturated rings. The molecule has 0 aliphatic carbocycles. The summed E-state index contributed by atoms with van der Waals surface area (Å²) in [4.78, 5) is 41.9. The van der Waals surface area contributed by atoms with E-state index in [4.69, 9.17) is 9.11 Å². The molecule has 2 saturated heterocycles. The van der Waals surface area contributed by atoms with Gasteiger partial charge in [0, 0.05) is 29.6 Å². The van der Waals surface area contributed by atoms with Crippen molar-refractivity contribution in [3.63, 3.8) is 0 Å². The third kappa shape index (κ3) is 6.25. The van der Waals surface area contributed by atoms with Crippen LogP contribution in [0.5, 0.6) is 0 Å².